The van der Waals surface area contributed by atoms with Gasteiger partial charge in [0.1, 0.15) is 0 Å². The maximum absolute atomic E-state index is 5.26. The van der Waals surface area contributed by atoms with Gasteiger partial charge >= 0.3 is 0 Å². The van der Waals surface area contributed by atoms with Crippen LogP contribution in [0, 0.1) is 0 Å². The topological polar surface area (TPSA) is 38.9 Å². The molecule has 12 aromatic rings. The van der Waals surface area contributed by atoms with E-state index in [0.29, 0.717) is 6.54 Å². The molecule has 0 fully saturated rings. The third-order valence-electron chi connectivity index (χ3n) is 14.4. The lowest BCUT2D eigenvalue weighted by Gasteiger charge is -2.29. The zero-order valence-electron chi connectivity index (χ0n) is 41.8. The monoisotopic (exact) mass is 963 g/mol. The second kappa shape index (κ2) is 17.9. The number of fused-ring (bicyclic) bond motifs is 6. The van der Waals surface area contributed by atoms with Gasteiger partial charge in [0.05, 0.1) is 49.6 Å². The largest absolute Gasteiger partial charge is 0.337 e. The number of nitrogens with zero attached hydrogens (tertiary/aromatic N) is 5. The molecule has 0 saturated heterocycles. The summed E-state index contributed by atoms with van der Waals surface area (Å²) < 4.78 is 4.88. The molecule has 0 aliphatic heterocycles. The van der Waals surface area contributed by atoms with Gasteiger partial charge < -0.3 is 14.0 Å². The zero-order chi connectivity index (χ0) is 49.1. The lowest BCUT2D eigenvalue weighted by Crippen LogP contribution is -2.37. The highest BCUT2D eigenvalue weighted by molar-refractivity contribution is 6.89. The van der Waals surface area contributed by atoms with Crippen LogP contribution in [0.5, 0.6) is 0 Å². The normalized spacial score (nSPS) is 12.1. The number of hydrogen-bond acceptors (Lipinski definition) is 3. The molecule has 350 valence electrons. The second-order valence-corrected chi connectivity index (χ2v) is 31.3. The van der Waals surface area contributed by atoms with Crippen molar-refractivity contribution in [1.29, 1.82) is 0 Å². The molecule has 4 heterocycles. The fourth-order valence-electron chi connectivity index (χ4n) is 10.5. The van der Waals surface area contributed by atoms with Crippen molar-refractivity contribution in [3.8, 4) is 45.0 Å². The second-order valence-electron chi connectivity index (χ2n) is 21.2. The van der Waals surface area contributed by atoms with E-state index in [1.807, 2.05) is 0 Å². The molecule has 12 rings (SSSR count). The van der Waals surface area contributed by atoms with E-state index in [1.54, 1.807) is 0 Å². The first-order chi connectivity index (χ1) is 35.0. The van der Waals surface area contributed by atoms with Crippen molar-refractivity contribution in [2.24, 2.45) is 0 Å². The molecule has 0 atom stereocenters. The summed E-state index contributed by atoms with van der Waals surface area (Å²) in [5.74, 6) is 0. The van der Waals surface area contributed by atoms with Gasteiger partial charge in [-0.3, -0.25) is 9.97 Å². The Morgan fingerprint density at radius 3 is 1.17 bits per heavy atom. The number of pyridine rings is 2. The predicted octanol–water partition coefficient (Wildman–Crippen LogP) is 16.1. The first-order valence-electron chi connectivity index (χ1n) is 25.1. The van der Waals surface area contributed by atoms with E-state index >= 15 is 0 Å². The van der Waals surface area contributed by atoms with Gasteiger partial charge in [0.2, 0.25) is 0 Å². The standard InChI is InChI=1S/C65H57N5Si2/c1-71(2,3)53-32-34-60(66-42-53)47-36-49(40-51(38-47)69-62-28-16-12-24-56(62)57-25-13-17-29-63(57)69)68(44-46-22-10-11-23-55(46)45-20-8-7-9-21-45)50-37-48(61-35-33-54(43-67-61)72(4,5)6)39-52(41-50)70-64-30-18-14-26-58(64)59-27-15-19-31-65(59)70/h7-43H,44H2,1-6H3. The van der Waals surface area contributed by atoms with Crippen LogP contribution in [0.25, 0.3) is 88.6 Å². The Hall–Kier alpha value is -8.11. The van der Waals surface area contributed by atoms with Crippen LogP contribution in [-0.4, -0.2) is 35.2 Å². The fraction of sp³-hybridized carbons (Fsp3) is 0.108. The number of aromatic nitrogens is 4. The number of benzene rings is 8. The van der Waals surface area contributed by atoms with Gasteiger partial charge in [0, 0.05) is 74.4 Å². The van der Waals surface area contributed by atoms with Crippen LogP contribution in [0.4, 0.5) is 11.4 Å². The Kier molecular flexibility index (Phi) is 11.2. The molecule has 8 aromatic carbocycles. The average molecular weight is 964 g/mol. The van der Waals surface area contributed by atoms with Crippen LogP contribution >= 0.6 is 0 Å². The molecule has 0 saturated carbocycles. The lowest BCUT2D eigenvalue weighted by molar-refractivity contribution is 0.972. The van der Waals surface area contributed by atoms with E-state index in [-0.39, 0.29) is 0 Å². The highest BCUT2D eigenvalue weighted by Crippen LogP contribution is 2.42. The van der Waals surface area contributed by atoms with Crippen LogP contribution in [0.3, 0.4) is 0 Å². The number of hydrogen-bond donors (Lipinski definition) is 0. The summed E-state index contributed by atoms with van der Waals surface area (Å²) in [5, 5.41) is 7.57. The van der Waals surface area contributed by atoms with Crippen molar-refractivity contribution in [3.05, 3.63) is 230 Å². The lowest BCUT2D eigenvalue weighted by atomic mass is 9.98. The van der Waals surface area contributed by atoms with Crippen molar-refractivity contribution in [1.82, 2.24) is 19.1 Å². The van der Waals surface area contributed by atoms with Crippen LogP contribution in [0.15, 0.2) is 225 Å². The molecule has 5 nitrogen and oxygen atoms in total. The first-order valence-corrected chi connectivity index (χ1v) is 32.1. The van der Waals surface area contributed by atoms with Gasteiger partial charge in [-0.2, -0.15) is 0 Å². The molecule has 0 amide bonds. The predicted molar refractivity (Wildman–Crippen MR) is 312 cm³/mol. The molecule has 7 heteroatoms. The van der Waals surface area contributed by atoms with E-state index in [0.717, 1.165) is 67.3 Å². The SMILES string of the molecule is C[Si](C)(C)c1ccc(-c2cc(N(Cc3ccccc3-c3ccccc3)c3cc(-c4ccc([Si](C)(C)C)cn4)cc(-n4c5ccccc5c5ccccc54)c3)cc(-n3c4ccccc4c4ccccc43)c2)nc1. The zero-order valence-corrected chi connectivity index (χ0v) is 43.8. The maximum Gasteiger partial charge on any atom is 0.0796 e. The minimum absolute atomic E-state index is 0.585. The third kappa shape index (κ3) is 8.24. The van der Waals surface area contributed by atoms with E-state index in [9.17, 15) is 0 Å². The Balaban J connectivity index is 1.16. The summed E-state index contributed by atoms with van der Waals surface area (Å²) in [7, 11) is -3.22. The molecule has 72 heavy (non-hydrogen) atoms. The van der Waals surface area contributed by atoms with Crippen molar-refractivity contribution in [3.63, 3.8) is 0 Å². The Bertz CT molecular complexity index is 3640. The number of anilines is 2. The van der Waals surface area contributed by atoms with Crippen molar-refractivity contribution in [2.75, 3.05) is 4.90 Å². The summed E-state index contributed by atoms with van der Waals surface area (Å²) in [5.41, 5.74) is 16.5. The van der Waals surface area contributed by atoms with Crippen molar-refractivity contribution < 1.29 is 0 Å². The van der Waals surface area contributed by atoms with Gasteiger partial charge in [0.25, 0.3) is 0 Å². The maximum atomic E-state index is 5.26. The Labute approximate surface area is 424 Å². The molecule has 4 aromatic heterocycles. The highest BCUT2D eigenvalue weighted by Gasteiger charge is 2.24. The fourth-order valence-corrected chi connectivity index (χ4v) is 12.6. The summed E-state index contributed by atoms with van der Waals surface area (Å²) in [6.45, 7) is 14.9. The smallest absolute Gasteiger partial charge is 0.0796 e. The van der Waals surface area contributed by atoms with Crippen LogP contribution in [-0.2, 0) is 6.54 Å². The van der Waals surface area contributed by atoms with E-state index in [2.05, 4.69) is 278 Å². The minimum Gasteiger partial charge on any atom is -0.337 e. The molecule has 0 aliphatic carbocycles. The molecular weight excluding hydrogens is 907 g/mol. The molecule has 0 bridgehead atoms. The quantitative estimate of drug-likeness (QED) is 0.121. The summed E-state index contributed by atoms with van der Waals surface area (Å²) in [6, 6.07) is 78.0. The van der Waals surface area contributed by atoms with Gasteiger partial charge in [-0.25, -0.2) is 0 Å². The number of rotatable bonds is 11. The first kappa shape index (κ1) is 45.1. The van der Waals surface area contributed by atoms with Gasteiger partial charge in [-0.05, 0) is 99.9 Å². The van der Waals surface area contributed by atoms with Crippen LogP contribution in [0.2, 0.25) is 39.3 Å². The Morgan fingerprint density at radius 1 is 0.375 bits per heavy atom. The van der Waals surface area contributed by atoms with Gasteiger partial charge in [-0.15, -0.1) is 0 Å². The summed E-state index contributed by atoms with van der Waals surface area (Å²) in [4.78, 5) is 13.0. The molecule has 0 aliphatic rings. The third-order valence-corrected chi connectivity index (χ3v) is 18.4. The van der Waals surface area contributed by atoms with E-state index < -0.39 is 16.1 Å². The summed E-state index contributed by atoms with van der Waals surface area (Å²) in [6.07, 6.45) is 4.23. The molecule has 0 N–H and O–H groups in total. The van der Waals surface area contributed by atoms with Gasteiger partial charge in [0.15, 0.2) is 0 Å². The van der Waals surface area contributed by atoms with Crippen LogP contribution in [0.1, 0.15) is 5.56 Å². The van der Waals surface area contributed by atoms with Crippen molar-refractivity contribution in [2.45, 2.75) is 45.8 Å². The van der Waals surface area contributed by atoms with E-state index in [1.165, 1.54) is 48.6 Å². The van der Waals surface area contributed by atoms with Crippen LogP contribution < -0.4 is 15.3 Å². The van der Waals surface area contributed by atoms with Gasteiger partial charge in [-0.1, -0.05) is 179 Å². The molecular formula is C65H57N5Si2. The molecule has 0 radical (unpaired) electrons. The van der Waals surface area contributed by atoms with E-state index in [4.69, 9.17) is 9.97 Å². The highest BCUT2D eigenvalue weighted by atomic mass is 28.3. The summed E-state index contributed by atoms with van der Waals surface area (Å²) >= 11 is 0. The Morgan fingerprint density at radius 2 is 0.764 bits per heavy atom. The number of para-hydroxylation sites is 4. The molecule has 0 unspecified atom stereocenters. The minimum atomic E-state index is -1.61. The average Bonchev–Trinajstić information content (AvgIpc) is 3.93. The van der Waals surface area contributed by atoms with Crippen molar-refractivity contribution >= 4 is 81.5 Å². The molecule has 0 spiro atoms.